The van der Waals surface area contributed by atoms with Crippen LogP contribution in [-0.2, 0) is 32.2 Å². The Morgan fingerprint density at radius 1 is 0.587 bits per heavy atom. The van der Waals surface area contributed by atoms with E-state index < -0.39 is 11.9 Å². The van der Waals surface area contributed by atoms with E-state index in [1.54, 1.807) is 24.3 Å². The lowest BCUT2D eigenvalue weighted by Crippen LogP contribution is -2.50. The van der Waals surface area contributed by atoms with Gasteiger partial charge in [0.1, 0.15) is 11.6 Å². The van der Waals surface area contributed by atoms with Crippen LogP contribution in [0.1, 0.15) is 110 Å². The number of nitrogens with zero attached hydrogens (tertiary/aromatic N) is 3. The number of hydrogen-bond acceptors (Lipinski definition) is 8. The molecule has 0 unspecified atom stereocenters. The van der Waals surface area contributed by atoms with Crippen LogP contribution in [-0.4, -0.2) is 95.5 Å². The average molecular weight is 1090 g/mol. The summed E-state index contributed by atoms with van der Waals surface area (Å²) in [5, 5.41) is 22.4. The van der Waals surface area contributed by atoms with Gasteiger partial charge >= 0.3 is 11.9 Å². The Kier molecular flexibility index (Phi) is 17.1. The Bertz CT molecular complexity index is 2960. The van der Waals surface area contributed by atoms with Crippen molar-refractivity contribution in [1.82, 2.24) is 14.5 Å². The number of morpholine rings is 2. The summed E-state index contributed by atoms with van der Waals surface area (Å²) in [6.45, 7) is 12.2. The molecule has 12 nitrogen and oxygen atoms in total. The maximum atomic E-state index is 14.6. The van der Waals surface area contributed by atoms with E-state index >= 15 is 0 Å². The molecule has 6 aromatic rings. The van der Waals surface area contributed by atoms with Gasteiger partial charge in [-0.3, -0.25) is 19.2 Å². The zero-order chi connectivity index (χ0) is 52.9. The molecule has 0 atom stereocenters. The first-order valence-corrected chi connectivity index (χ1v) is 27.5. The van der Waals surface area contributed by atoms with Gasteiger partial charge in [-0.25, -0.2) is 8.78 Å². The van der Waals surface area contributed by atoms with Gasteiger partial charge in [0.05, 0.1) is 49.3 Å². The summed E-state index contributed by atoms with van der Waals surface area (Å²) in [6.07, 6.45) is 11.2. The minimum absolute atomic E-state index is 0.0368. The lowest BCUT2D eigenvalue weighted by atomic mass is 9.47. The molecule has 0 radical (unpaired) electrons. The molecule has 4 heterocycles. The lowest BCUT2D eigenvalue weighted by Gasteiger charge is -2.56. The van der Waals surface area contributed by atoms with Crippen LogP contribution in [0.15, 0.2) is 102 Å². The highest BCUT2D eigenvalue weighted by Crippen LogP contribution is 2.63. The number of carbonyl (C=O) groups is 4. The molecule has 12 rings (SSSR count). The summed E-state index contributed by atoms with van der Waals surface area (Å²) < 4.78 is 44.5. The first-order chi connectivity index (χ1) is 36.2. The van der Waals surface area contributed by atoms with Crippen LogP contribution in [0.25, 0.3) is 21.8 Å². The van der Waals surface area contributed by atoms with Gasteiger partial charge in [-0.15, -0.1) is 0 Å². The highest BCUT2D eigenvalue weighted by Gasteiger charge is 2.56. The van der Waals surface area contributed by atoms with Crippen LogP contribution >= 0.6 is 15.9 Å². The van der Waals surface area contributed by atoms with Crippen LogP contribution in [0.3, 0.4) is 0 Å². The third kappa shape index (κ3) is 12.3. The van der Waals surface area contributed by atoms with E-state index in [4.69, 9.17) is 19.7 Å². The first kappa shape index (κ1) is 54.1. The number of benzene rings is 4. The number of anilines is 1. The molecule has 4 aromatic carbocycles. The van der Waals surface area contributed by atoms with E-state index in [1.807, 2.05) is 59.6 Å². The largest absolute Gasteiger partial charge is 0.481 e. The topological polar surface area (TPSA) is 152 Å². The highest BCUT2D eigenvalue weighted by molar-refractivity contribution is 9.10. The molecule has 6 aliphatic rings. The average Bonchev–Trinajstić information content (AvgIpc) is 4.01. The first-order valence-electron chi connectivity index (χ1n) is 26.8. The minimum Gasteiger partial charge on any atom is -0.481 e. The molecule has 15 heteroatoms. The molecule has 398 valence electrons. The molecule has 4 saturated carbocycles. The molecule has 2 spiro atoms. The Morgan fingerprint density at radius 3 is 1.39 bits per heavy atom. The van der Waals surface area contributed by atoms with Crippen molar-refractivity contribution < 1.29 is 47.6 Å². The predicted molar refractivity (Wildman–Crippen MR) is 290 cm³/mol. The molecule has 2 aromatic heterocycles. The van der Waals surface area contributed by atoms with Crippen molar-refractivity contribution in [2.24, 2.45) is 34.5 Å². The molecule has 2 saturated heterocycles. The molecule has 0 bridgehead atoms. The Morgan fingerprint density at radius 2 is 1.00 bits per heavy atom. The maximum absolute atomic E-state index is 14.6. The molecule has 75 heavy (non-hydrogen) atoms. The molecular weight excluding hydrogens is 1020 g/mol. The number of hydrogen-bond donors (Lipinski definition) is 3. The van der Waals surface area contributed by atoms with Gasteiger partial charge in [-0.1, -0.05) is 54.0 Å². The van der Waals surface area contributed by atoms with Crippen molar-refractivity contribution in [2.45, 2.75) is 91.1 Å². The smallest absolute Gasteiger partial charge is 0.306 e. The highest BCUT2D eigenvalue weighted by atomic mass is 79.9. The zero-order valence-corrected chi connectivity index (χ0v) is 44.6. The third-order valence-corrected chi connectivity index (χ3v) is 16.9. The third-order valence-electron chi connectivity index (χ3n) is 16.4. The van der Waals surface area contributed by atoms with E-state index in [2.05, 4.69) is 50.4 Å². The van der Waals surface area contributed by atoms with E-state index in [9.17, 15) is 28.0 Å². The Hall–Kier alpha value is -5.74. The number of ketones is 2. The maximum Gasteiger partial charge on any atom is 0.306 e. The van der Waals surface area contributed by atoms with E-state index in [1.165, 1.54) is 17.8 Å². The van der Waals surface area contributed by atoms with Crippen molar-refractivity contribution in [1.29, 1.82) is 0 Å². The molecule has 3 N–H and O–H groups in total. The van der Waals surface area contributed by atoms with Crippen LogP contribution < -0.4 is 10.2 Å². The number of carboxylic acids is 2. The van der Waals surface area contributed by atoms with Gasteiger partial charge in [0.15, 0.2) is 11.6 Å². The van der Waals surface area contributed by atoms with Crippen LogP contribution in [0.2, 0.25) is 0 Å². The van der Waals surface area contributed by atoms with Gasteiger partial charge < -0.3 is 39.0 Å². The number of aliphatic carboxylic acids is 2. The number of halogens is 3. The van der Waals surface area contributed by atoms with Crippen molar-refractivity contribution in [3.05, 3.63) is 136 Å². The second kappa shape index (κ2) is 23.7. The standard InChI is InChI=1S/C29H31FN2O4.C25H23BrFNO3.C4H9NO.C2H6/c30-25-6-5-24(26(33)13-20-14-29(15-20)16-21(17-29)28(34)35)27-23(25)7-8-32(27)18-19-1-3-22(4-2-19)31-9-11-36-12-10-31;26-18-3-1-15(2-4-18)14-28-8-7-19-21(27)6-5-20(23(19)28)22(29)9-16-10-25(11-16)12-17(13-25)24(30)31;1-3-6-4-2-5-1;1-2/h1-8,20-21H,9-18H2,(H,34,35);1-8,16-17H,9-14H2,(H,30,31);5H,1-4H2;1-2H3. The molecule has 0 amide bonds. The number of aromatic nitrogens is 2. The van der Waals surface area contributed by atoms with Gasteiger partial charge in [0.25, 0.3) is 0 Å². The number of fused-ring (bicyclic) bond motifs is 2. The van der Waals surface area contributed by atoms with Gasteiger partial charge in [-0.2, -0.15) is 0 Å². The zero-order valence-electron chi connectivity index (χ0n) is 43.0. The van der Waals surface area contributed by atoms with Gasteiger partial charge in [0.2, 0.25) is 0 Å². The fourth-order valence-corrected chi connectivity index (χ4v) is 13.0. The monoisotopic (exact) mass is 1090 g/mol. The van der Waals surface area contributed by atoms with Crippen LogP contribution in [0, 0.1) is 46.1 Å². The molecule has 2 aliphatic heterocycles. The van der Waals surface area contributed by atoms with Crippen molar-refractivity contribution >= 4 is 66.9 Å². The number of carboxylic acid groups (broad SMARTS) is 2. The van der Waals surface area contributed by atoms with E-state index in [-0.39, 0.29) is 57.7 Å². The summed E-state index contributed by atoms with van der Waals surface area (Å²) in [5.74, 6) is -1.83. The van der Waals surface area contributed by atoms with Crippen LogP contribution in [0.5, 0.6) is 0 Å². The van der Waals surface area contributed by atoms with Crippen molar-refractivity contribution in [3.63, 3.8) is 0 Å². The Balaban J connectivity index is 0.000000162. The normalized spacial score (nSPS) is 24.5. The number of ether oxygens (including phenoxy) is 2. The number of carbonyl (C=O) groups excluding carboxylic acids is 2. The van der Waals surface area contributed by atoms with E-state index in [0.29, 0.717) is 58.9 Å². The minimum atomic E-state index is -0.703. The SMILES string of the molecule is C1COCCN1.CC.O=C(CC1CC2(C1)CC(C(=O)O)C2)c1ccc(F)c2ccn(Cc3ccc(Br)cc3)c12.O=C(CC1CC2(C1)CC(C(=O)O)C2)c1ccc(F)c2ccn(Cc3ccc(N4CCOCC4)cc3)c12. The second-order valence-electron chi connectivity index (χ2n) is 21.5. The summed E-state index contributed by atoms with van der Waals surface area (Å²) in [5.41, 5.74) is 6.05. The fourth-order valence-electron chi connectivity index (χ4n) is 12.8. The molecule has 4 aliphatic carbocycles. The van der Waals surface area contributed by atoms with E-state index in [0.717, 1.165) is 120 Å². The van der Waals surface area contributed by atoms with Gasteiger partial charge in [-0.05, 0) is 146 Å². The number of nitrogens with one attached hydrogen (secondary N) is 1. The lowest BCUT2D eigenvalue weighted by molar-refractivity contribution is -0.158. The summed E-state index contributed by atoms with van der Waals surface area (Å²) in [6, 6.07) is 25.8. The predicted octanol–water partition coefficient (Wildman–Crippen LogP) is 11.8. The molecule has 6 fully saturated rings. The quantitative estimate of drug-likeness (QED) is 0.0953. The second-order valence-corrected chi connectivity index (χ2v) is 22.5. The summed E-state index contributed by atoms with van der Waals surface area (Å²) in [7, 11) is 0. The summed E-state index contributed by atoms with van der Waals surface area (Å²) in [4.78, 5) is 51.0. The van der Waals surface area contributed by atoms with Crippen LogP contribution in [0.4, 0.5) is 14.5 Å². The summed E-state index contributed by atoms with van der Waals surface area (Å²) >= 11 is 3.44. The number of rotatable bonds is 13. The van der Waals surface area contributed by atoms with Crippen molar-refractivity contribution in [2.75, 3.05) is 57.5 Å². The van der Waals surface area contributed by atoms with Gasteiger partial charge in [0, 0.05) is 96.6 Å². The van der Waals surface area contributed by atoms with Crippen molar-refractivity contribution in [3.8, 4) is 0 Å². The number of Topliss-reactive ketones (excluding diaryl/α,β-unsaturated/α-hetero) is 2. The fraction of sp³-hybridized carbons (Fsp3) is 0.467. The molecular formula is C60H69BrF2N4O8. The Labute approximate surface area is 445 Å².